The standard InChI is InChI=1S/C33H41NO4/c1-20(2)16-30(25-8-10-26(11-9-25)33(37)34-15-14-31(35)36)38-28-18-23(6)32(24(7)19-28)29-13-12-27(21(3)4)17-22(29)5/h8-13,17-21,30H,14-16H2,1-7H3,(H,34,37)(H,35,36). The SMILES string of the molecule is Cc1cc(C(C)C)ccc1-c1c(C)cc(OC(CC(C)C)c2ccc(C(=O)NCCC(=O)O)cc2)cc1C. The number of nitrogens with one attached hydrogen (secondary N) is 1. The normalized spacial score (nSPS) is 12.0. The molecule has 0 fully saturated rings. The number of hydrogen-bond donors (Lipinski definition) is 2. The van der Waals surface area contributed by atoms with Gasteiger partial charge >= 0.3 is 5.97 Å². The summed E-state index contributed by atoms with van der Waals surface area (Å²) >= 11 is 0. The minimum absolute atomic E-state index is 0.102. The third kappa shape index (κ3) is 7.47. The van der Waals surface area contributed by atoms with E-state index in [1.807, 2.05) is 12.1 Å². The topological polar surface area (TPSA) is 75.6 Å². The molecule has 3 aromatic carbocycles. The van der Waals surface area contributed by atoms with Crippen molar-refractivity contribution < 1.29 is 19.4 Å². The van der Waals surface area contributed by atoms with Gasteiger partial charge in [0.05, 0.1) is 6.42 Å². The number of amides is 1. The molecule has 202 valence electrons. The molecule has 0 aliphatic carbocycles. The van der Waals surface area contributed by atoms with Crippen LogP contribution in [0.2, 0.25) is 0 Å². The zero-order valence-corrected chi connectivity index (χ0v) is 23.7. The minimum atomic E-state index is -0.938. The molecule has 3 aromatic rings. The van der Waals surface area contributed by atoms with Crippen LogP contribution in [-0.4, -0.2) is 23.5 Å². The second kappa shape index (κ2) is 12.8. The van der Waals surface area contributed by atoms with E-state index in [1.165, 1.54) is 33.4 Å². The molecule has 5 heteroatoms. The largest absolute Gasteiger partial charge is 0.486 e. The van der Waals surface area contributed by atoms with Crippen LogP contribution in [0.1, 0.15) is 90.7 Å². The summed E-state index contributed by atoms with van der Waals surface area (Å²) in [4.78, 5) is 23.0. The highest BCUT2D eigenvalue weighted by molar-refractivity contribution is 5.94. The predicted molar refractivity (Wildman–Crippen MR) is 154 cm³/mol. The Morgan fingerprint density at radius 2 is 1.45 bits per heavy atom. The molecule has 2 N–H and O–H groups in total. The number of carbonyl (C=O) groups excluding carboxylic acids is 1. The van der Waals surface area contributed by atoms with E-state index in [-0.39, 0.29) is 25.0 Å². The van der Waals surface area contributed by atoms with Crippen LogP contribution < -0.4 is 10.1 Å². The first-order valence-electron chi connectivity index (χ1n) is 13.4. The van der Waals surface area contributed by atoms with E-state index in [0.29, 0.717) is 17.4 Å². The number of carboxylic acids is 1. The molecular formula is C33H41NO4. The van der Waals surface area contributed by atoms with Crippen molar-refractivity contribution in [3.8, 4) is 16.9 Å². The van der Waals surface area contributed by atoms with Gasteiger partial charge in [0, 0.05) is 12.1 Å². The van der Waals surface area contributed by atoms with Crippen LogP contribution in [0.4, 0.5) is 0 Å². The summed E-state index contributed by atoms with van der Waals surface area (Å²) in [5, 5.41) is 11.4. The van der Waals surface area contributed by atoms with Crippen LogP contribution >= 0.6 is 0 Å². The summed E-state index contributed by atoms with van der Waals surface area (Å²) < 4.78 is 6.57. The van der Waals surface area contributed by atoms with Gasteiger partial charge in [-0.15, -0.1) is 0 Å². The molecule has 0 aliphatic heterocycles. The van der Waals surface area contributed by atoms with Crippen LogP contribution in [0.5, 0.6) is 5.75 Å². The summed E-state index contributed by atoms with van der Waals surface area (Å²) in [7, 11) is 0. The van der Waals surface area contributed by atoms with Crippen molar-refractivity contribution in [3.63, 3.8) is 0 Å². The highest BCUT2D eigenvalue weighted by Gasteiger charge is 2.19. The lowest BCUT2D eigenvalue weighted by molar-refractivity contribution is -0.136. The van der Waals surface area contributed by atoms with Gasteiger partial charge in [-0.2, -0.15) is 0 Å². The molecular weight excluding hydrogens is 474 g/mol. The Morgan fingerprint density at radius 3 is 1.97 bits per heavy atom. The molecule has 1 unspecified atom stereocenters. The molecule has 1 amide bonds. The second-order valence-corrected chi connectivity index (χ2v) is 10.9. The number of rotatable bonds is 11. The molecule has 1 atom stereocenters. The number of aliphatic carboxylic acids is 1. The Hall–Kier alpha value is -3.60. The average Bonchev–Trinajstić information content (AvgIpc) is 2.83. The Labute approximate surface area is 227 Å². The van der Waals surface area contributed by atoms with E-state index in [0.717, 1.165) is 17.7 Å². The summed E-state index contributed by atoms with van der Waals surface area (Å²) in [5.41, 5.74) is 8.99. The van der Waals surface area contributed by atoms with Crippen LogP contribution in [0, 0.1) is 26.7 Å². The van der Waals surface area contributed by atoms with E-state index in [2.05, 4.69) is 84.1 Å². The average molecular weight is 516 g/mol. The minimum Gasteiger partial charge on any atom is -0.486 e. The fourth-order valence-electron chi connectivity index (χ4n) is 4.82. The van der Waals surface area contributed by atoms with Crippen molar-refractivity contribution in [2.24, 2.45) is 5.92 Å². The third-order valence-corrected chi connectivity index (χ3v) is 6.83. The highest BCUT2D eigenvalue weighted by atomic mass is 16.5. The van der Waals surface area contributed by atoms with E-state index in [1.54, 1.807) is 12.1 Å². The maximum absolute atomic E-state index is 12.3. The van der Waals surface area contributed by atoms with Gasteiger partial charge in [0.25, 0.3) is 5.91 Å². The summed E-state index contributed by atoms with van der Waals surface area (Å²) in [6.07, 6.45) is 0.574. The number of benzene rings is 3. The van der Waals surface area contributed by atoms with Crippen molar-refractivity contribution in [2.75, 3.05) is 6.54 Å². The van der Waals surface area contributed by atoms with Crippen LogP contribution in [-0.2, 0) is 4.79 Å². The van der Waals surface area contributed by atoms with Gasteiger partial charge in [0.1, 0.15) is 11.9 Å². The van der Waals surface area contributed by atoms with Gasteiger partial charge in [-0.3, -0.25) is 9.59 Å². The zero-order valence-electron chi connectivity index (χ0n) is 23.7. The zero-order chi connectivity index (χ0) is 28.0. The Kier molecular flexibility index (Phi) is 9.73. The molecule has 0 heterocycles. The summed E-state index contributed by atoms with van der Waals surface area (Å²) in [6.45, 7) is 15.3. The molecule has 0 saturated heterocycles. The number of hydrogen-bond acceptors (Lipinski definition) is 3. The number of carbonyl (C=O) groups is 2. The van der Waals surface area contributed by atoms with E-state index >= 15 is 0 Å². The fraction of sp³-hybridized carbons (Fsp3) is 0.394. The van der Waals surface area contributed by atoms with E-state index < -0.39 is 5.97 Å². The van der Waals surface area contributed by atoms with Crippen LogP contribution in [0.25, 0.3) is 11.1 Å². The molecule has 0 spiro atoms. The maximum atomic E-state index is 12.3. The highest BCUT2D eigenvalue weighted by Crippen LogP contribution is 2.36. The molecule has 0 radical (unpaired) electrons. The van der Waals surface area contributed by atoms with Crippen molar-refractivity contribution in [1.29, 1.82) is 0 Å². The van der Waals surface area contributed by atoms with Crippen LogP contribution in [0.3, 0.4) is 0 Å². The molecule has 0 bridgehead atoms. The molecule has 0 saturated carbocycles. The van der Waals surface area contributed by atoms with Gasteiger partial charge in [-0.25, -0.2) is 0 Å². The predicted octanol–water partition coefficient (Wildman–Crippen LogP) is 7.77. The second-order valence-electron chi connectivity index (χ2n) is 10.9. The monoisotopic (exact) mass is 515 g/mol. The fourth-order valence-corrected chi connectivity index (χ4v) is 4.82. The molecule has 3 rings (SSSR count). The van der Waals surface area contributed by atoms with Gasteiger partial charge in [-0.05, 0) is 102 Å². The van der Waals surface area contributed by atoms with Gasteiger partial charge in [-0.1, -0.05) is 58.0 Å². The summed E-state index contributed by atoms with van der Waals surface area (Å²) in [5.74, 6) is 0.535. The van der Waals surface area contributed by atoms with E-state index in [9.17, 15) is 9.59 Å². The van der Waals surface area contributed by atoms with Gasteiger partial charge in [0.2, 0.25) is 0 Å². The number of carboxylic acid groups (broad SMARTS) is 1. The lowest BCUT2D eigenvalue weighted by atomic mass is 9.90. The lowest BCUT2D eigenvalue weighted by Crippen LogP contribution is -2.26. The Balaban J connectivity index is 1.83. The number of ether oxygens (including phenoxy) is 1. The first-order chi connectivity index (χ1) is 18.0. The maximum Gasteiger partial charge on any atom is 0.305 e. The number of aryl methyl sites for hydroxylation is 3. The van der Waals surface area contributed by atoms with Gasteiger partial charge < -0.3 is 15.2 Å². The molecule has 0 aromatic heterocycles. The Morgan fingerprint density at radius 1 is 0.842 bits per heavy atom. The first kappa shape index (κ1) is 29.0. The first-order valence-corrected chi connectivity index (χ1v) is 13.4. The van der Waals surface area contributed by atoms with E-state index in [4.69, 9.17) is 9.84 Å². The molecule has 0 aliphatic rings. The van der Waals surface area contributed by atoms with Crippen molar-refractivity contribution in [2.45, 2.75) is 73.3 Å². The van der Waals surface area contributed by atoms with Crippen molar-refractivity contribution in [1.82, 2.24) is 5.32 Å². The lowest BCUT2D eigenvalue weighted by Gasteiger charge is -2.23. The summed E-state index contributed by atoms with van der Waals surface area (Å²) in [6, 6.07) is 18.4. The smallest absolute Gasteiger partial charge is 0.305 e. The van der Waals surface area contributed by atoms with Crippen LogP contribution in [0.15, 0.2) is 54.6 Å². The third-order valence-electron chi connectivity index (χ3n) is 6.83. The Bertz CT molecular complexity index is 1250. The molecule has 5 nitrogen and oxygen atoms in total. The van der Waals surface area contributed by atoms with Crippen molar-refractivity contribution in [3.05, 3.63) is 88.0 Å². The van der Waals surface area contributed by atoms with Gasteiger partial charge in [0.15, 0.2) is 0 Å². The quantitative estimate of drug-likeness (QED) is 0.273. The molecule has 38 heavy (non-hydrogen) atoms. The van der Waals surface area contributed by atoms with Crippen molar-refractivity contribution >= 4 is 11.9 Å².